The van der Waals surface area contributed by atoms with Crippen molar-refractivity contribution in [2.24, 2.45) is 0 Å². The fraction of sp³-hybridized carbons (Fsp3) is 0.312. The number of rotatable bonds is 6. The Morgan fingerprint density at radius 1 is 1.14 bits per heavy atom. The van der Waals surface area contributed by atoms with Crippen LogP contribution in [0, 0.1) is 11.3 Å². The second kappa shape index (κ2) is 11.8. The number of ether oxygens (including phenoxy) is 2. The van der Waals surface area contributed by atoms with Crippen molar-refractivity contribution in [1.82, 2.24) is 20.4 Å². The average Bonchev–Trinajstić information content (AvgIpc) is 3.37. The van der Waals surface area contributed by atoms with Gasteiger partial charge in [-0.05, 0) is 50.4 Å². The molecule has 220 valence electrons. The molecule has 2 aliphatic heterocycles. The first-order chi connectivity index (χ1) is 20.8. The summed E-state index contributed by atoms with van der Waals surface area (Å²) in [5.41, 5.74) is 2.16. The van der Waals surface area contributed by atoms with Gasteiger partial charge in [0, 0.05) is 22.7 Å². The van der Waals surface area contributed by atoms with E-state index in [-0.39, 0.29) is 18.4 Å². The Bertz CT molecular complexity index is 1740. The topological polar surface area (TPSA) is 122 Å². The van der Waals surface area contributed by atoms with Crippen LogP contribution in [0.25, 0.3) is 16.6 Å². The Labute approximate surface area is 257 Å². The number of carbonyl (C=O) groups excluding carboxylic acids is 2. The van der Waals surface area contributed by atoms with Crippen LogP contribution in [0.2, 0.25) is 0 Å². The Morgan fingerprint density at radius 2 is 1.88 bits per heavy atom. The van der Waals surface area contributed by atoms with E-state index >= 15 is 0 Å². The van der Waals surface area contributed by atoms with Crippen LogP contribution >= 0.6 is 15.9 Å². The van der Waals surface area contributed by atoms with Gasteiger partial charge in [-0.25, -0.2) is 4.68 Å². The smallest absolute Gasteiger partial charge is 0.254 e. The van der Waals surface area contributed by atoms with Crippen molar-refractivity contribution in [3.63, 3.8) is 0 Å². The monoisotopic (exact) mass is 642 g/mol. The molecule has 4 aromatic rings. The SMILES string of the molecule is CN[C@@H](C)C(=O)N[C@@H]1C(=O)N(Cc2nn(-c3ccccc3C#N)c3ccccc23)c2ccc(Br)cc2OC12CCOCC2. The quantitative estimate of drug-likeness (QED) is 0.323. The Balaban J connectivity index is 1.49. The fourth-order valence-corrected chi connectivity index (χ4v) is 6.11. The minimum atomic E-state index is -1.00. The molecular formula is C32H31BrN6O4. The number of para-hydroxylation sites is 2. The van der Waals surface area contributed by atoms with Gasteiger partial charge in [-0.2, -0.15) is 10.4 Å². The van der Waals surface area contributed by atoms with Gasteiger partial charge in [0.1, 0.15) is 23.5 Å². The Hall–Kier alpha value is -4.24. The third-order valence-electron chi connectivity index (χ3n) is 8.24. The lowest BCUT2D eigenvalue weighted by molar-refractivity contribution is -0.138. The number of fused-ring (bicyclic) bond motifs is 2. The van der Waals surface area contributed by atoms with Gasteiger partial charge < -0.3 is 25.0 Å². The molecule has 0 unspecified atom stereocenters. The number of nitriles is 1. The molecule has 0 aliphatic carbocycles. The highest BCUT2D eigenvalue weighted by molar-refractivity contribution is 9.10. The van der Waals surface area contributed by atoms with E-state index < -0.39 is 17.7 Å². The molecule has 3 aromatic carbocycles. The normalized spacial score (nSPS) is 18.4. The van der Waals surface area contributed by atoms with Gasteiger partial charge in [0.05, 0.1) is 53.9 Å². The second-order valence-electron chi connectivity index (χ2n) is 10.8. The average molecular weight is 644 g/mol. The van der Waals surface area contributed by atoms with Crippen LogP contribution in [0.5, 0.6) is 5.75 Å². The van der Waals surface area contributed by atoms with Crippen molar-refractivity contribution in [2.45, 2.75) is 44.0 Å². The molecule has 0 bridgehead atoms. The van der Waals surface area contributed by atoms with Crippen LogP contribution in [0.4, 0.5) is 5.69 Å². The van der Waals surface area contributed by atoms with Gasteiger partial charge in [-0.3, -0.25) is 9.59 Å². The number of nitrogens with zero attached hydrogens (tertiary/aromatic N) is 4. The first kappa shape index (κ1) is 28.9. The van der Waals surface area contributed by atoms with Crippen LogP contribution < -0.4 is 20.3 Å². The second-order valence-corrected chi connectivity index (χ2v) is 11.7. The van der Waals surface area contributed by atoms with Crippen LogP contribution in [0.3, 0.4) is 0 Å². The molecule has 1 fully saturated rings. The number of anilines is 1. The first-order valence-corrected chi connectivity index (χ1v) is 15.0. The van der Waals surface area contributed by atoms with Gasteiger partial charge in [-0.15, -0.1) is 0 Å². The zero-order valence-electron chi connectivity index (χ0n) is 23.8. The largest absolute Gasteiger partial charge is 0.482 e. The molecule has 2 atom stereocenters. The zero-order chi connectivity index (χ0) is 30.1. The van der Waals surface area contributed by atoms with Crippen molar-refractivity contribution in [3.8, 4) is 17.5 Å². The molecule has 1 spiro atoms. The summed E-state index contributed by atoms with van der Waals surface area (Å²) in [5, 5.41) is 21.6. The lowest BCUT2D eigenvalue weighted by Gasteiger charge is -2.41. The fourth-order valence-electron chi connectivity index (χ4n) is 5.77. The molecule has 1 saturated heterocycles. The molecule has 2 aliphatic rings. The minimum absolute atomic E-state index is 0.111. The number of carbonyl (C=O) groups is 2. The number of amides is 2. The van der Waals surface area contributed by atoms with Gasteiger partial charge >= 0.3 is 0 Å². The molecule has 6 rings (SSSR count). The van der Waals surface area contributed by atoms with Gasteiger partial charge in [0.2, 0.25) is 5.91 Å². The van der Waals surface area contributed by atoms with Crippen molar-refractivity contribution in [2.75, 3.05) is 25.2 Å². The standard InChI is InChI=1S/C32H31BrN6O4/c1-20(35-2)30(40)36-29-31(41)38(27-12-11-22(33)17-28(27)43-32(29)13-15-42-16-14-32)19-24-23-8-4-6-10-26(23)39(37-24)25-9-5-3-7-21(25)18-34/h3-12,17,20,29,35H,13-16,19H2,1-2H3,(H,36,40)/t20-,29+/m0/s1. The van der Waals surface area contributed by atoms with E-state index in [9.17, 15) is 14.9 Å². The maximum Gasteiger partial charge on any atom is 0.254 e. The van der Waals surface area contributed by atoms with E-state index in [0.717, 1.165) is 15.4 Å². The number of hydrogen-bond donors (Lipinski definition) is 2. The number of benzene rings is 3. The number of hydrogen-bond acceptors (Lipinski definition) is 7. The van der Waals surface area contributed by atoms with Crippen LogP contribution in [-0.2, 0) is 20.9 Å². The first-order valence-electron chi connectivity index (χ1n) is 14.2. The zero-order valence-corrected chi connectivity index (χ0v) is 25.4. The third-order valence-corrected chi connectivity index (χ3v) is 8.73. The summed E-state index contributed by atoms with van der Waals surface area (Å²) in [6.45, 7) is 2.66. The highest BCUT2D eigenvalue weighted by Gasteiger charge is 2.52. The third kappa shape index (κ3) is 5.27. The Morgan fingerprint density at radius 3 is 2.65 bits per heavy atom. The Kier molecular flexibility index (Phi) is 7.92. The van der Waals surface area contributed by atoms with Crippen LogP contribution in [0.1, 0.15) is 31.0 Å². The van der Waals surface area contributed by atoms with Crippen molar-refractivity contribution in [3.05, 3.63) is 82.5 Å². The van der Waals surface area contributed by atoms with Gasteiger partial charge in [-0.1, -0.05) is 46.3 Å². The van der Waals surface area contributed by atoms with E-state index in [2.05, 4.69) is 32.6 Å². The molecule has 3 heterocycles. The highest BCUT2D eigenvalue weighted by atomic mass is 79.9. The molecule has 10 nitrogen and oxygen atoms in total. The van der Waals surface area contributed by atoms with Crippen molar-refractivity contribution in [1.29, 1.82) is 5.26 Å². The van der Waals surface area contributed by atoms with Crippen molar-refractivity contribution < 1.29 is 19.1 Å². The summed E-state index contributed by atoms with van der Waals surface area (Å²) < 4.78 is 15.0. The highest BCUT2D eigenvalue weighted by Crippen LogP contribution is 2.43. The summed E-state index contributed by atoms with van der Waals surface area (Å²) >= 11 is 3.56. The molecule has 43 heavy (non-hydrogen) atoms. The lowest BCUT2D eigenvalue weighted by atomic mass is 9.84. The van der Waals surface area contributed by atoms with Crippen LogP contribution in [-0.4, -0.2) is 59.5 Å². The molecule has 2 amide bonds. The summed E-state index contributed by atoms with van der Waals surface area (Å²) in [6.07, 6.45) is 0.861. The minimum Gasteiger partial charge on any atom is -0.482 e. The number of halogens is 1. The van der Waals surface area contributed by atoms with Crippen molar-refractivity contribution >= 4 is 44.3 Å². The van der Waals surface area contributed by atoms with E-state index in [1.165, 1.54) is 0 Å². The predicted molar refractivity (Wildman–Crippen MR) is 165 cm³/mol. The summed E-state index contributed by atoms with van der Waals surface area (Å²) in [4.78, 5) is 29.6. The molecular weight excluding hydrogens is 612 g/mol. The molecule has 1 aromatic heterocycles. The van der Waals surface area contributed by atoms with E-state index in [4.69, 9.17) is 14.6 Å². The lowest BCUT2D eigenvalue weighted by Crippen LogP contribution is -2.65. The maximum absolute atomic E-state index is 14.7. The van der Waals surface area contributed by atoms with E-state index in [1.807, 2.05) is 60.7 Å². The van der Waals surface area contributed by atoms with Gasteiger partial charge in [0.25, 0.3) is 5.91 Å². The number of aromatic nitrogens is 2. The summed E-state index contributed by atoms with van der Waals surface area (Å²) in [6, 6.07) is 21.3. The van der Waals surface area contributed by atoms with E-state index in [1.54, 1.807) is 29.6 Å². The molecule has 0 radical (unpaired) electrons. The number of likely N-dealkylation sites (N-methyl/N-ethyl adjacent to an activating group) is 1. The van der Waals surface area contributed by atoms with Crippen LogP contribution in [0.15, 0.2) is 71.2 Å². The molecule has 11 heteroatoms. The van der Waals surface area contributed by atoms with E-state index in [0.29, 0.717) is 54.4 Å². The maximum atomic E-state index is 14.7. The predicted octanol–water partition coefficient (Wildman–Crippen LogP) is 4.23. The molecule has 0 saturated carbocycles. The number of nitrogens with one attached hydrogen (secondary N) is 2. The summed E-state index contributed by atoms with van der Waals surface area (Å²) in [5.74, 6) is -0.0671. The van der Waals surface area contributed by atoms with Gasteiger partial charge in [0.15, 0.2) is 0 Å². The summed E-state index contributed by atoms with van der Waals surface area (Å²) in [7, 11) is 1.70. The molecule has 2 N–H and O–H groups in total.